The maximum atomic E-state index is 12.7. The molecule has 25 heavy (non-hydrogen) atoms. The highest BCUT2D eigenvalue weighted by molar-refractivity contribution is 6.01. The number of carbonyl (C=O) groups is 2. The lowest BCUT2D eigenvalue weighted by Gasteiger charge is -2.31. The van der Waals surface area contributed by atoms with E-state index in [-0.39, 0.29) is 17.7 Å². The van der Waals surface area contributed by atoms with Crippen LogP contribution in [0.5, 0.6) is 0 Å². The molecule has 4 rings (SSSR count). The number of furan rings is 1. The molecule has 1 aliphatic rings. The van der Waals surface area contributed by atoms with Crippen molar-refractivity contribution >= 4 is 28.4 Å². The van der Waals surface area contributed by atoms with Gasteiger partial charge in [0.15, 0.2) is 5.76 Å². The van der Waals surface area contributed by atoms with Gasteiger partial charge >= 0.3 is 0 Å². The van der Waals surface area contributed by atoms with Crippen molar-refractivity contribution in [2.24, 2.45) is 5.92 Å². The monoisotopic (exact) mass is 338 g/mol. The Morgan fingerprint density at radius 2 is 2.20 bits per heavy atom. The summed E-state index contributed by atoms with van der Waals surface area (Å²) in [5.41, 5.74) is 1.50. The summed E-state index contributed by atoms with van der Waals surface area (Å²) in [5.74, 6) is -0.189. The number of benzene rings is 1. The highest BCUT2D eigenvalue weighted by atomic mass is 16.3. The minimum absolute atomic E-state index is 0.0842. The van der Waals surface area contributed by atoms with Gasteiger partial charge in [0, 0.05) is 18.5 Å². The minimum atomic E-state index is -0.245. The van der Waals surface area contributed by atoms with Crippen molar-refractivity contribution < 1.29 is 14.0 Å². The first kappa shape index (κ1) is 15.4. The topological polar surface area (TPSA) is 91.2 Å². The zero-order valence-corrected chi connectivity index (χ0v) is 13.6. The Kier molecular flexibility index (Phi) is 3.97. The first-order chi connectivity index (χ1) is 12.2. The molecule has 7 heteroatoms. The molecule has 128 valence electrons. The zero-order chi connectivity index (χ0) is 17.2. The Balaban J connectivity index is 1.47. The molecular formula is C18H18N4O3. The lowest BCUT2D eigenvalue weighted by atomic mass is 9.96. The molecule has 1 atom stereocenters. The SMILES string of the molecule is O=C(Nc1cccc2cn[nH]c12)C1CCCN(C(=O)c2ccco2)C1. The number of nitrogens with zero attached hydrogens (tertiary/aromatic N) is 2. The van der Waals surface area contributed by atoms with Crippen LogP contribution < -0.4 is 5.32 Å². The van der Waals surface area contributed by atoms with Crippen molar-refractivity contribution in [1.82, 2.24) is 15.1 Å². The van der Waals surface area contributed by atoms with E-state index in [0.717, 1.165) is 23.7 Å². The van der Waals surface area contributed by atoms with E-state index in [9.17, 15) is 9.59 Å². The first-order valence-corrected chi connectivity index (χ1v) is 8.28. The van der Waals surface area contributed by atoms with Crippen molar-refractivity contribution in [2.75, 3.05) is 18.4 Å². The predicted octanol–water partition coefficient (Wildman–Crippen LogP) is 2.65. The number of aromatic amines is 1. The van der Waals surface area contributed by atoms with E-state index < -0.39 is 0 Å². The molecule has 0 saturated carbocycles. The lowest BCUT2D eigenvalue weighted by Crippen LogP contribution is -2.43. The number of carbonyl (C=O) groups excluding carboxylic acids is 2. The molecule has 7 nitrogen and oxygen atoms in total. The van der Waals surface area contributed by atoms with Crippen molar-refractivity contribution in [1.29, 1.82) is 0 Å². The fraction of sp³-hybridized carbons (Fsp3) is 0.278. The second-order valence-corrected chi connectivity index (χ2v) is 6.20. The molecule has 0 spiro atoms. The number of hydrogen-bond acceptors (Lipinski definition) is 4. The number of anilines is 1. The third kappa shape index (κ3) is 3.00. The number of para-hydroxylation sites is 1. The van der Waals surface area contributed by atoms with Crippen molar-refractivity contribution in [3.05, 3.63) is 48.6 Å². The van der Waals surface area contributed by atoms with E-state index in [1.165, 1.54) is 6.26 Å². The number of likely N-dealkylation sites (tertiary alicyclic amines) is 1. The molecule has 1 unspecified atom stereocenters. The quantitative estimate of drug-likeness (QED) is 0.768. The van der Waals surface area contributed by atoms with Gasteiger partial charge in [-0.1, -0.05) is 12.1 Å². The van der Waals surface area contributed by atoms with Gasteiger partial charge in [0.1, 0.15) is 0 Å². The van der Waals surface area contributed by atoms with Crippen LogP contribution in [-0.2, 0) is 4.79 Å². The van der Waals surface area contributed by atoms with E-state index >= 15 is 0 Å². The summed E-state index contributed by atoms with van der Waals surface area (Å²) in [5, 5.41) is 10.8. The number of piperidine rings is 1. The van der Waals surface area contributed by atoms with E-state index in [0.29, 0.717) is 24.5 Å². The summed E-state index contributed by atoms with van der Waals surface area (Å²) in [6.45, 7) is 1.03. The molecular weight excluding hydrogens is 320 g/mol. The maximum absolute atomic E-state index is 12.7. The minimum Gasteiger partial charge on any atom is -0.459 e. The molecule has 1 aliphatic heterocycles. The fourth-order valence-electron chi connectivity index (χ4n) is 3.24. The molecule has 1 saturated heterocycles. The number of aromatic nitrogens is 2. The van der Waals surface area contributed by atoms with Gasteiger partial charge in [0.05, 0.1) is 29.6 Å². The maximum Gasteiger partial charge on any atom is 0.289 e. The Morgan fingerprint density at radius 1 is 1.28 bits per heavy atom. The Morgan fingerprint density at radius 3 is 3.04 bits per heavy atom. The van der Waals surface area contributed by atoms with Gasteiger partial charge in [-0.2, -0.15) is 5.10 Å². The zero-order valence-electron chi connectivity index (χ0n) is 13.6. The van der Waals surface area contributed by atoms with Crippen LogP contribution in [-0.4, -0.2) is 40.0 Å². The molecule has 1 fully saturated rings. The van der Waals surface area contributed by atoms with Gasteiger partial charge in [0.2, 0.25) is 5.91 Å². The van der Waals surface area contributed by atoms with Crippen molar-refractivity contribution in [2.45, 2.75) is 12.8 Å². The smallest absolute Gasteiger partial charge is 0.289 e. The van der Waals surface area contributed by atoms with Gasteiger partial charge in [0.25, 0.3) is 5.91 Å². The summed E-state index contributed by atoms with van der Waals surface area (Å²) in [4.78, 5) is 26.8. The van der Waals surface area contributed by atoms with Crippen LogP contribution in [0.2, 0.25) is 0 Å². The van der Waals surface area contributed by atoms with Crippen molar-refractivity contribution in [3.63, 3.8) is 0 Å². The predicted molar refractivity (Wildman–Crippen MR) is 92.1 cm³/mol. The summed E-state index contributed by atoms with van der Waals surface area (Å²) in [6.07, 6.45) is 4.74. The Hall–Kier alpha value is -3.09. The molecule has 2 aromatic heterocycles. The fourth-order valence-corrected chi connectivity index (χ4v) is 3.24. The molecule has 3 aromatic rings. The number of hydrogen-bond donors (Lipinski definition) is 2. The molecule has 0 radical (unpaired) electrons. The Bertz CT molecular complexity index is 900. The second-order valence-electron chi connectivity index (χ2n) is 6.20. The average molecular weight is 338 g/mol. The standard InChI is InChI=1S/C18H18N4O3/c23-17(20-14-6-1-4-12-10-19-21-16(12)14)13-5-2-8-22(11-13)18(24)15-7-3-9-25-15/h1,3-4,6-7,9-10,13H,2,5,8,11H2,(H,19,21)(H,20,23). The number of rotatable bonds is 3. The van der Waals surface area contributed by atoms with Crippen LogP contribution in [0, 0.1) is 5.92 Å². The van der Waals surface area contributed by atoms with E-state index in [1.54, 1.807) is 23.2 Å². The second kappa shape index (κ2) is 6.43. The highest BCUT2D eigenvalue weighted by Crippen LogP contribution is 2.24. The van der Waals surface area contributed by atoms with Crippen LogP contribution >= 0.6 is 0 Å². The van der Waals surface area contributed by atoms with Crippen molar-refractivity contribution in [3.8, 4) is 0 Å². The van der Waals surface area contributed by atoms with E-state index in [4.69, 9.17) is 4.42 Å². The van der Waals surface area contributed by atoms with Crippen LogP contribution in [0.15, 0.2) is 47.2 Å². The summed E-state index contributed by atoms with van der Waals surface area (Å²) in [7, 11) is 0. The molecule has 2 amide bonds. The first-order valence-electron chi connectivity index (χ1n) is 8.28. The largest absolute Gasteiger partial charge is 0.459 e. The summed E-state index contributed by atoms with van der Waals surface area (Å²) in [6, 6.07) is 8.98. The van der Waals surface area contributed by atoms with E-state index in [2.05, 4.69) is 15.5 Å². The van der Waals surface area contributed by atoms with Gasteiger partial charge in [-0.25, -0.2) is 0 Å². The number of nitrogens with one attached hydrogen (secondary N) is 2. The van der Waals surface area contributed by atoms with Gasteiger partial charge < -0.3 is 14.6 Å². The third-order valence-corrected chi connectivity index (χ3v) is 4.55. The Labute approximate surface area is 144 Å². The van der Waals surface area contributed by atoms with Crippen LogP contribution in [0.25, 0.3) is 10.9 Å². The van der Waals surface area contributed by atoms with Crippen LogP contribution in [0.3, 0.4) is 0 Å². The highest BCUT2D eigenvalue weighted by Gasteiger charge is 2.30. The molecule has 3 heterocycles. The third-order valence-electron chi connectivity index (χ3n) is 4.55. The average Bonchev–Trinajstić information content (AvgIpc) is 3.33. The number of amides is 2. The van der Waals surface area contributed by atoms with Crippen LogP contribution in [0.4, 0.5) is 5.69 Å². The van der Waals surface area contributed by atoms with Crippen LogP contribution in [0.1, 0.15) is 23.4 Å². The summed E-state index contributed by atoms with van der Waals surface area (Å²) < 4.78 is 5.18. The lowest BCUT2D eigenvalue weighted by molar-refractivity contribution is -0.121. The van der Waals surface area contributed by atoms with Gasteiger partial charge in [-0.05, 0) is 31.0 Å². The van der Waals surface area contributed by atoms with Gasteiger partial charge in [-0.15, -0.1) is 0 Å². The van der Waals surface area contributed by atoms with Gasteiger partial charge in [-0.3, -0.25) is 14.7 Å². The molecule has 0 aliphatic carbocycles. The van der Waals surface area contributed by atoms with E-state index in [1.807, 2.05) is 18.2 Å². The normalized spacial score (nSPS) is 17.6. The molecule has 2 N–H and O–H groups in total. The number of H-pyrrole nitrogens is 1. The molecule has 1 aromatic carbocycles. The summed E-state index contributed by atoms with van der Waals surface area (Å²) >= 11 is 0. The molecule has 0 bridgehead atoms. The number of fused-ring (bicyclic) bond motifs is 1.